The summed E-state index contributed by atoms with van der Waals surface area (Å²) in [4.78, 5) is 22.1. The Morgan fingerprint density at radius 3 is 2.86 bits per heavy atom. The molecule has 2 fully saturated rings. The first-order chi connectivity index (χ1) is 14.2. The molecule has 0 bridgehead atoms. The molecule has 3 heterocycles. The number of nitrogens with zero attached hydrogens (tertiary/aromatic N) is 4. The van der Waals surface area contributed by atoms with Crippen LogP contribution < -0.4 is 0 Å². The number of fused-ring (bicyclic) bond motifs is 2. The Morgan fingerprint density at radius 1 is 1.21 bits per heavy atom. The van der Waals surface area contributed by atoms with E-state index in [4.69, 9.17) is 0 Å². The molecule has 1 saturated heterocycles. The molecule has 1 aromatic carbocycles. The Bertz CT molecular complexity index is 982. The second-order valence-electron chi connectivity index (χ2n) is 8.51. The summed E-state index contributed by atoms with van der Waals surface area (Å²) in [6, 6.07) is 8.26. The number of para-hydroxylation sites is 1. The molecule has 3 aromatic rings. The highest BCUT2D eigenvalue weighted by Crippen LogP contribution is 2.41. The van der Waals surface area contributed by atoms with E-state index in [2.05, 4.69) is 39.5 Å². The number of aliphatic hydroxyl groups excluding tert-OH is 1. The van der Waals surface area contributed by atoms with Crippen LogP contribution in [0.5, 0.6) is 0 Å². The monoisotopic (exact) mass is 393 g/mol. The molecule has 1 saturated carbocycles. The number of aliphatic hydroxyl groups is 1. The standard InChI is InChI=1S/C22H27N5O2/c28-21-9-17-12-26(11-16(17)8-20(21)27-14-23-13-25-27)22(29)7-3-4-15-10-24-19-6-2-1-5-18(15)19/h1-2,5-6,10,13-14,16-17,20-21,24,28H,3-4,7-9,11-12H2/t16-,17+,20-,21-/m1/s1. The maximum Gasteiger partial charge on any atom is 0.222 e. The molecule has 7 nitrogen and oxygen atoms in total. The minimum absolute atomic E-state index is 0.0318. The van der Waals surface area contributed by atoms with E-state index in [-0.39, 0.29) is 11.9 Å². The maximum absolute atomic E-state index is 12.8. The lowest BCUT2D eigenvalue weighted by atomic mass is 9.77. The van der Waals surface area contributed by atoms with Crippen molar-refractivity contribution in [2.75, 3.05) is 13.1 Å². The van der Waals surface area contributed by atoms with Gasteiger partial charge < -0.3 is 15.0 Å². The SMILES string of the molecule is O=C(CCCc1c[nH]c2ccccc12)N1C[C@H]2C[C@@H](n3cncn3)[C@H](O)C[C@H]2C1. The third-order valence-corrected chi connectivity index (χ3v) is 6.75. The van der Waals surface area contributed by atoms with Crippen molar-refractivity contribution in [3.05, 3.63) is 48.7 Å². The van der Waals surface area contributed by atoms with Gasteiger partial charge in [0.1, 0.15) is 12.7 Å². The summed E-state index contributed by atoms with van der Waals surface area (Å²) in [5.74, 6) is 1.07. The van der Waals surface area contributed by atoms with Crippen LogP contribution in [0.4, 0.5) is 0 Å². The third kappa shape index (κ3) is 3.55. The zero-order valence-electron chi connectivity index (χ0n) is 16.4. The third-order valence-electron chi connectivity index (χ3n) is 6.75. The topological polar surface area (TPSA) is 87.0 Å². The van der Waals surface area contributed by atoms with Crippen LogP contribution in [0.1, 0.15) is 37.3 Å². The molecule has 4 atom stereocenters. The predicted octanol–water partition coefficient (Wildman–Crippen LogP) is 2.55. The maximum atomic E-state index is 12.8. The summed E-state index contributed by atoms with van der Waals surface area (Å²) in [7, 11) is 0. The van der Waals surface area contributed by atoms with Gasteiger partial charge in [0.15, 0.2) is 0 Å². The quantitative estimate of drug-likeness (QED) is 0.697. The molecule has 1 amide bonds. The van der Waals surface area contributed by atoms with Crippen molar-refractivity contribution in [2.24, 2.45) is 11.8 Å². The summed E-state index contributed by atoms with van der Waals surface area (Å²) in [5.41, 5.74) is 2.43. The van der Waals surface area contributed by atoms with Gasteiger partial charge in [-0.2, -0.15) is 5.10 Å². The van der Waals surface area contributed by atoms with Crippen LogP contribution in [0.2, 0.25) is 0 Å². The second-order valence-corrected chi connectivity index (χ2v) is 8.51. The average Bonchev–Trinajstić information content (AvgIpc) is 3.47. The molecular weight excluding hydrogens is 366 g/mol. The fourth-order valence-corrected chi connectivity index (χ4v) is 5.21. The lowest BCUT2D eigenvalue weighted by Gasteiger charge is -2.34. The first-order valence-corrected chi connectivity index (χ1v) is 10.5. The number of aromatic amines is 1. The number of hydrogen-bond donors (Lipinski definition) is 2. The number of benzene rings is 1. The zero-order valence-corrected chi connectivity index (χ0v) is 16.4. The van der Waals surface area contributed by atoms with Crippen LogP contribution >= 0.6 is 0 Å². The number of aromatic nitrogens is 4. The van der Waals surface area contributed by atoms with Crippen molar-refractivity contribution in [3.8, 4) is 0 Å². The zero-order chi connectivity index (χ0) is 19.8. The fraction of sp³-hybridized carbons (Fsp3) is 0.500. The van der Waals surface area contributed by atoms with E-state index in [9.17, 15) is 9.90 Å². The summed E-state index contributed by atoms with van der Waals surface area (Å²) in [5, 5.41) is 16.0. The van der Waals surface area contributed by atoms with Crippen LogP contribution in [0.3, 0.4) is 0 Å². The van der Waals surface area contributed by atoms with Gasteiger partial charge in [-0.1, -0.05) is 18.2 Å². The minimum Gasteiger partial charge on any atom is -0.391 e. The largest absolute Gasteiger partial charge is 0.391 e. The van der Waals surface area contributed by atoms with Crippen LogP contribution in [0, 0.1) is 11.8 Å². The van der Waals surface area contributed by atoms with Gasteiger partial charge >= 0.3 is 0 Å². The van der Waals surface area contributed by atoms with Gasteiger partial charge in [0.25, 0.3) is 0 Å². The Kier molecular flexibility index (Phi) is 4.83. The molecule has 2 aromatic heterocycles. The number of hydrogen-bond acceptors (Lipinski definition) is 4. The van der Waals surface area contributed by atoms with Crippen molar-refractivity contribution in [1.29, 1.82) is 0 Å². The lowest BCUT2D eigenvalue weighted by molar-refractivity contribution is -0.130. The summed E-state index contributed by atoms with van der Waals surface area (Å²) < 4.78 is 1.77. The first kappa shape index (κ1) is 18.4. The average molecular weight is 393 g/mol. The Morgan fingerprint density at radius 2 is 2.03 bits per heavy atom. The van der Waals surface area contributed by atoms with Gasteiger partial charge in [-0.05, 0) is 49.1 Å². The number of aryl methyl sites for hydroxylation is 1. The van der Waals surface area contributed by atoms with E-state index in [0.29, 0.717) is 18.3 Å². The molecule has 2 N–H and O–H groups in total. The van der Waals surface area contributed by atoms with Gasteiger partial charge in [-0.15, -0.1) is 0 Å². The van der Waals surface area contributed by atoms with Gasteiger partial charge in [0.2, 0.25) is 5.91 Å². The van der Waals surface area contributed by atoms with Crippen molar-refractivity contribution in [3.63, 3.8) is 0 Å². The van der Waals surface area contributed by atoms with E-state index in [1.165, 1.54) is 17.3 Å². The molecule has 0 radical (unpaired) electrons. The van der Waals surface area contributed by atoms with Crippen molar-refractivity contribution in [2.45, 2.75) is 44.2 Å². The number of rotatable bonds is 5. The van der Waals surface area contributed by atoms with Crippen molar-refractivity contribution in [1.82, 2.24) is 24.6 Å². The van der Waals surface area contributed by atoms with Crippen molar-refractivity contribution >= 4 is 16.8 Å². The number of nitrogens with one attached hydrogen (secondary N) is 1. The summed E-state index contributed by atoms with van der Waals surface area (Å²) in [6.45, 7) is 1.58. The van der Waals surface area contributed by atoms with Gasteiger partial charge in [0, 0.05) is 36.6 Å². The Labute approximate surface area is 169 Å². The molecule has 2 aliphatic rings. The number of H-pyrrole nitrogens is 1. The fourth-order valence-electron chi connectivity index (χ4n) is 5.21. The molecule has 1 aliphatic heterocycles. The van der Waals surface area contributed by atoms with E-state index in [0.717, 1.165) is 44.3 Å². The lowest BCUT2D eigenvalue weighted by Crippen LogP contribution is -2.36. The second kappa shape index (κ2) is 7.63. The molecular formula is C22H27N5O2. The number of likely N-dealkylation sites (tertiary alicyclic amines) is 1. The molecule has 29 heavy (non-hydrogen) atoms. The predicted molar refractivity (Wildman–Crippen MR) is 109 cm³/mol. The highest BCUT2D eigenvalue weighted by atomic mass is 16.3. The molecule has 0 spiro atoms. The van der Waals surface area contributed by atoms with Crippen LogP contribution in [-0.2, 0) is 11.2 Å². The Balaban J connectivity index is 1.16. The number of carbonyl (C=O) groups is 1. The van der Waals surface area contributed by atoms with Crippen molar-refractivity contribution < 1.29 is 9.90 Å². The molecule has 0 unspecified atom stereocenters. The molecule has 1 aliphatic carbocycles. The normalized spacial score (nSPS) is 26.7. The van der Waals surface area contributed by atoms with Gasteiger partial charge in [-0.3, -0.25) is 4.79 Å². The van der Waals surface area contributed by atoms with E-state index in [1.54, 1.807) is 11.0 Å². The van der Waals surface area contributed by atoms with E-state index >= 15 is 0 Å². The minimum atomic E-state index is -0.421. The van der Waals surface area contributed by atoms with E-state index < -0.39 is 6.10 Å². The van der Waals surface area contributed by atoms with Gasteiger partial charge in [0.05, 0.1) is 12.1 Å². The molecule has 7 heteroatoms. The summed E-state index contributed by atoms with van der Waals surface area (Å²) >= 11 is 0. The first-order valence-electron chi connectivity index (χ1n) is 10.5. The van der Waals surface area contributed by atoms with Crippen LogP contribution in [0.15, 0.2) is 43.1 Å². The van der Waals surface area contributed by atoms with E-state index in [1.807, 2.05) is 11.0 Å². The van der Waals surface area contributed by atoms with Gasteiger partial charge in [-0.25, -0.2) is 9.67 Å². The van der Waals surface area contributed by atoms with Crippen LogP contribution in [-0.4, -0.2) is 54.9 Å². The Hall–Kier alpha value is -2.67. The molecule has 152 valence electrons. The number of carbonyl (C=O) groups excluding carboxylic acids is 1. The highest BCUT2D eigenvalue weighted by molar-refractivity contribution is 5.83. The smallest absolute Gasteiger partial charge is 0.222 e. The summed E-state index contributed by atoms with van der Waals surface area (Å²) in [6.07, 6.45) is 8.76. The number of amides is 1. The highest BCUT2D eigenvalue weighted by Gasteiger charge is 2.43. The molecule has 5 rings (SSSR count). The van der Waals surface area contributed by atoms with Crippen LogP contribution in [0.25, 0.3) is 10.9 Å².